The average molecular weight is 366 g/mol. The minimum Gasteiger partial charge on any atom is -0.496 e. The summed E-state index contributed by atoms with van der Waals surface area (Å²) in [7, 11) is 1.65. The number of ether oxygens (including phenoxy) is 2. The summed E-state index contributed by atoms with van der Waals surface area (Å²) in [6.07, 6.45) is 0. The molecule has 0 atom stereocenters. The minimum absolute atomic E-state index is 0.301. The smallest absolute Gasteiger partial charge is 0.157 e. The fourth-order valence-corrected chi connectivity index (χ4v) is 3.43. The molecule has 0 saturated heterocycles. The monoisotopic (exact) mass is 365 g/mol. The van der Waals surface area contributed by atoms with Crippen molar-refractivity contribution < 1.29 is 9.47 Å². The molecule has 2 aromatic carbocycles. The van der Waals surface area contributed by atoms with E-state index in [-0.39, 0.29) is 0 Å². The lowest BCUT2D eigenvalue weighted by Crippen LogP contribution is -1.97. The lowest BCUT2D eigenvalue weighted by atomic mass is 10.2. The van der Waals surface area contributed by atoms with Gasteiger partial charge in [-0.3, -0.25) is 0 Å². The Morgan fingerprint density at radius 1 is 1.04 bits per heavy atom. The molecule has 6 heteroatoms. The number of halogens is 2. The van der Waals surface area contributed by atoms with E-state index in [1.54, 1.807) is 25.3 Å². The average Bonchev–Trinajstić information content (AvgIpc) is 3.03. The summed E-state index contributed by atoms with van der Waals surface area (Å²) >= 11 is 13.7. The van der Waals surface area contributed by atoms with Gasteiger partial charge in [-0.15, -0.1) is 11.3 Å². The van der Waals surface area contributed by atoms with Crippen molar-refractivity contribution in [3.05, 3.63) is 63.6 Å². The number of methoxy groups -OCH3 is 1. The van der Waals surface area contributed by atoms with E-state index in [4.69, 9.17) is 32.7 Å². The Balaban J connectivity index is 1.78. The molecular weight excluding hydrogens is 353 g/mol. The van der Waals surface area contributed by atoms with E-state index in [2.05, 4.69) is 4.98 Å². The van der Waals surface area contributed by atoms with Crippen LogP contribution in [0.1, 0.15) is 5.69 Å². The Labute approximate surface area is 148 Å². The van der Waals surface area contributed by atoms with E-state index in [0.717, 1.165) is 22.0 Å². The molecule has 0 fully saturated rings. The SMILES string of the molecule is COc1ccccc1-c1nc(COc2c(Cl)cccc2Cl)cs1. The molecule has 0 aliphatic rings. The molecule has 118 valence electrons. The van der Waals surface area contributed by atoms with Crippen LogP contribution < -0.4 is 9.47 Å². The van der Waals surface area contributed by atoms with E-state index in [9.17, 15) is 0 Å². The highest BCUT2D eigenvalue weighted by Gasteiger charge is 2.11. The second-order valence-electron chi connectivity index (χ2n) is 4.68. The van der Waals surface area contributed by atoms with Gasteiger partial charge in [0.25, 0.3) is 0 Å². The molecule has 0 N–H and O–H groups in total. The summed E-state index contributed by atoms with van der Waals surface area (Å²) in [5.74, 6) is 1.27. The zero-order chi connectivity index (χ0) is 16.2. The van der Waals surface area contributed by atoms with E-state index in [1.165, 1.54) is 11.3 Å². The lowest BCUT2D eigenvalue weighted by Gasteiger charge is -2.08. The summed E-state index contributed by atoms with van der Waals surface area (Å²) in [5.41, 5.74) is 1.77. The molecule has 0 bridgehead atoms. The third-order valence-electron chi connectivity index (χ3n) is 3.17. The molecule has 1 aromatic heterocycles. The van der Waals surface area contributed by atoms with Crippen molar-refractivity contribution in [2.45, 2.75) is 6.61 Å². The van der Waals surface area contributed by atoms with E-state index < -0.39 is 0 Å². The number of para-hydroxylation sites is 2. The van der Waals surface area contributed by atoms with Crippen LogP contribution in [-0.2, 0) is 6.61 Å². The number of rotatable bonds is 5. The van der Waals surface area contributed by atoms with Crippen molar-refractivity contribution in [3.8, 4) is 22.1 Å². The summed E-state index contributed by atoms with van der Waals surface area (Å²) in [6, 6.07) is 13.0. The van der Waals surface area contributed by atoms with Crippen LogP contribution in [-0.4, -0.2) is 12.1 Å². The predicted octanol–water partition coefficient (Wildman–Crippen LogP) is 5.70. The molecule has 0 aliphatic heterocycles. The molecule has 1 heterocycles. The molecule has 0 spiro atoms. The molecule has 0 aliphatic carbocycles. The Hall–Kier alpha value is -1.75. The molecular formula is C17H13Cl2NO2S. The zero-order valence-electron chi connectivity index (χ0n) is 12.3. The van der Waals surface area contributed by atoms with Gasteiger partial charge in [0.2, 0.25) is 0 Å². The molecule has 0 radical (unpaired) electrons. The van der Waals surface area contributed by atoms with Crippen LogP contribution in [0.2, 0.25) is 10.0 Å². The van der Waals surface area contributed by atoms with Crippen molar-refractivity contribution in [2.24, 2.45) is 0 Å². The van der Waals surface area contributed by atoms with Crippen LogP contribution in [0.3, 0.4) is 0 Å². The molecule has 3 rings (SSSR count). The van der Waals surface area contributed by atoms with Crippen LogP contribution in [0.25, 0.3) is 10.6 Å². The maximum absolute atomic E-state index is 6.09. The highest BCUT2D eigenvalue weighted by atomic mass is 35.5. The number of hydrogen-bond acceptors (Lipinski definition) is 4. The Morgan fingerprint density at radius 3 is 2.52 bits per heavy atom. The second-order valence-corrected chi connectivity index (χ2v) is 6.36. The predicted molar refractivity (Wildman–Crippen MR) is 94.9 cm³/mol. The van der Waals surface area contributed by atoms with Gasteiger partial charge >= 0.3 is 0 Å². The van der Waals surface area contributed by atoms with Gasteiger partial charge < -0.3 is 9.47 Å². The van der Waals surface area contributed by atoms with E-state index in [0.29, 0.717) is 22.4 Å². The van der Waals surface area contributed by atoms with Gasteiger partial charge in [0, 0.05) is 5.38 Å². The third-order valence-corrected chi connectivity index (χ3v) is 4.69. The molecule has 23 heavy (non-hydrogen) atoms. The lowest BCUT2D eigenvalue weighted by molar-refractivity contribution is 0.302. The van der Waals surface area contributed by atoms with Crippen LogP contribution in [0.5, 0.6) is 11.5 Å². The number of nitrogens with zero attached hydrogens (tertiary/aromatic N) is 1. The van der Waals surface area contributed by atoms with Crippen LogP contribution in [0, 0.1) is 0 Å². The Kier molecular flexibility index (Phi) is 5.06. The molecule has 3 nitrogen and oxygen atoms in total. The van der Waals surface area contributed by atoms with Crippen LogP contribution in [0.4, 0.5) is 0 Å². The molecule has 0 amide bonds. The first-order valence-electron chi connectivity index (χ1n) is 6.83. The summed E-state index contributed by atoms with van der Waals surface area (Å²) in [5, 5.41) is 3.80. The maximum Gasteiger partial charge on any atom is 0.157 e. The normalized spacial score (nSPS) is 10.6. The highest BCUT2D eigenvalue weighted by molar-refractivity contribution is 7.13. The third kappa shape index (κ3) is 3.61. The summed E-state index contributed by atoms with van der Waals surface area (Å²) in [4.78, 5) is 4.59. The second kappa shape index (κ2) is 7.21. The van der Waals surface area contributed by atoms with Crippen LogP contribution >= 0.6 is 34.5 Å². The topological polar surface area (TPSA) is 31.4 Å². The number of hydrogen-bond donors (Lipinski definition) is 0. The first-order chi connectivity index (χ1) is 11.2. The van der Waals surface area contributed by atoms with Crippen molar-refractivity contribution >= 4 is 34.5 Å². The molecule has 0 unspecified atom stereocenters. The number of benzene rings is 2. The van der Waals surface area contributed by atoms with E-state index >= 15 is 0 Å². The highest BCUT2D eigenvalue weighted by Crippen LogP contribution is 2.34. The zero-order valence-corrected chi connectivity index (χ0v) is 14.6. The minimum atomic E-state index is 0.301. The largest absolute Gasteiger partial charge is 0.496 e. The number of aromatic nitrogens is 1. The van der Waals surface area contributed by atoms with Gasteiger partial charge in [-0.2, -0.15) is 0 Å². The Bertz CT molecular complexity index is 800. The van der Waals surface area contributed by atoms with E-state index in [1.807, 2.05) is 29.6 Å². The standard InChI is InChI=1S/C17H13Cl2NO2S/c1-21-15-8-3-2-5-12(15)17-20-11(10-23-17)9-22-16-13(18)6-4-7-14(16)19/h2-8,10H,9H2,1H3. The van der Waals surface area contributed by atoms with Crippen LogP contribution in [0.15, 0.2) is 47.8 Å². The quantitative estimate of drug-likeness (QED) is 0.580. The van der Waals surface area contributed by atoms with Gasteiger partial charge in [0.1, 0.15) is 17.4 Å². The molecule has 0 saturated carbocycles. The molecule has 3 aromatic rings. The Morgan fingerprint density at radius 2 is 1.78 bits per heavy atom. The van der Waals surface area contributed by atoms with Gasteiger partial charge in [-0.1, -0.05) is 41.4 Å². The van der Waals surface area contributed by atoms with Gasteiger partial charge in [0.05, 0.1) is 28.4 Å². The first kappa shape index (κ1) is 16.1. The van der Waals surface area contributed by atoms with Crippen molar-refractivity contribution in [1.82, 2.24) is 4.98 Å². The summed E-state index contributed by atoms with van der Waals surface area (Å²) < 4.78 is 11.1. The van der Waals surface area contributed by atoms with Crippen molar-refractivity contribution in [1.29, 1.82) is 0 Å². The van der Waals surface area contributed by atoms with Gasteiger partial charge in [0.15, 0.2) is 5.75 Å². The van der Waals surface area contributed by atoms with Gasteiger partial charge in [-0.25, -0.2) is 4.98 Å². The van der Waals surface area contributed by atoms with Crippen molar-refractivity contribution in [3.63, 3.8) is 0 Å². The van der Waals surface area contributed by atoms with Crippen molar-refractivity contribution in [2.75, 3.05) is 7.11 Å². The fraction of sp³-hybridized carbons (Fsp3) is 0.118. The summed E-state index contributed by atoms with van der Waals surface area (Å²) in [6.45, 7) is 0.301. The maximum atomic E-state index is 6.09. The number of thiazole rings is 1. The fourth-order valence-electron chi connectivity index (χ4n) is 2.08. The first-order valence-corrected chi connectivity index (χ1v) is 8.47. The van der Waals surface area contributed by atoms with Gasteiger partial charge in [-0.05, 0) is 24.3 Å².